The Labute approximate surface area is 127 Å². The van der Waals surface area contributed by atoms with Crippen molar-refractivity contribution in [1.82, 2.24) is 0 Å². The molecule has 0 spiro atoms. The second-order valence-electron chi connectivity index (χ2n) is 4.27. The molecule has 0 heterocycles. The van der Waals surface area contributed by atoms with Gasteiger partial charge in [0.2, 0.25) is 0 Å². The van der Waals surface area contributed by atoms with E-state index in [2.05, 4.69) is 31.9 Å². The summed E-state index contributed by atoms with van der Waals surface area (Å²) in [6.45, 7) is 1.94. The highest BCUT2D eigenvalue weighted by Gasteiger charge is 2.17. The Morgan fingerprint density at radius 2 is 1.68 bits per heavy atom. The van der Waals surface area contributed by atoms with Crippen molar-refractivity contribution in [3.63, 3.8) is 0 Å². The van der Waals surface area contributed by atoms with Crippen LogP contribution in [0, 0.1) is 18.6 Å². The van der Waals surface area contributed by atoms with Crippen molar-refractivity contribution in [2.24, 2.45) is 5.73 Å². The lowest BCUT2D eigenvalue weighted by molar-refractivity contribution is 0.572. The van der Waals surface area contributed by atoms with Gasteiger partial charge < -0.3 is 5.73 Å². The monoisotopic (exact) mass is 389 g/mol. The van der Waals surface area contributed by atoms with Gasteiger partial charge in [-0.05, 0) is 52.2 Å². The molecule has 2 rings (SSSR count). The molecule has 0 fully saturated rings. The maximum atomic E-state index is 13.9. The first-order chi connectivity index (χ1) is 8.90. The van der Waals surface area contributed by atoms with Gasteiger partial charge in [-0.2, -0.15) is 0 Å². The smallest absolute Gasteiger partial charge is 0.137 e. The molecule has 1 nitrogen and oxygen atoms in total. The van der Waals surface area contributed by atoms with Crippen LogP contribution in [0.15, 0.2) is 39.3 Å². The summed E-state index contributed by atoms with van der Waals surface area (Å²) < 4.78 is 28.3. The minimum Gasteiger partial charge on any atom is -0.320 e. The zero-order valence-electron chi connectivity index (χ0n) is 10.1. The number of hydrogen-bond donors (Lipinski definition) is 1. The van der Waals surface area contributed by atoms with Gasteiger partial charge in [0, 0.05) is 10.0 Å². The van der Waals surface area contributed by atoms with Crippen molar-refractivity contribution in [3.8, 4) is 0 Å². The molecule has 0 aliphatic rings. The highest BCUT2D eigenvalue weighted by atomic mass is 79.9. The number of aryl methyl sites for hydroxylation is 1. The molecule has 19 heavy (non-hydrogen) atoms. The molecule has 0 radical (unpaired) electrons. The predicted molar refractivity (Wildman–Crippen MR) is 79.0 cm³/mol. The van der Waals surface area contributed by atoms with Crippen LogP contribution >= 0.6 is 31.9 Å². The fraction of sp³-hybridized carbons (Fsp3) is 0.143. The molecule has 1 unspecified atom stereocenters. The van der Waals surface area contributed by atoms with Crippen LogP contribution in [0.2, 0.25) is 0 Å². The van der Waals surface area contributed by atoms with Crippen molar-refractivity contribution in [2.45, 2.75) is 13.0 Å². The van der Waals surface area contributed by atoms with Crippen LogP contribution in [-0.4, -0.2) is 0 Å². The van der Waals surface area contributed by atoms with E-state index in [0.717, 1.165) is 27.7 Å². The Hall–Kier alpha value is -0.780. The second kappa shape index (κ2) is 5.69. The first kappa shape index (κ1) is 14.6. The maximum Gasteiger partial charge on any atom is 0.137 e. The van der Waals surface area contributed by atoms with Gasteiger partial charge >= 0.3 is 0 Å². The minimum absolute atomic E-state index is 0.0889. The van der Waals surface area contributed by atoms with Gasteiger partial charge in [-0.25, -0.2) is 8.78 Å². The van der Waals surface area contributed by atoms with Gasteiger partial charge in [-0.15, -0.1) is 0 Å². The van der Waals surface area contributed by atoms with Gasteiger partial charge in [-0.1, -0.05) is 28.1 Å². The average Bonchev–Trinajstić information content (AvgIpc) is 2.36. The summed E-state index contributed by atoms with van der Waals surface area (Å²) >= 11 is 6.34. The summed E-state index contributed by atoms with van der Waals surface area (Å²) in [5, 5.41) is 0. The molecule has 2 aromatic rings. The molecule has 0 aromatic heterocycles. The molecular weight excluding hydrogens is 380 g/mol. The lowest BCUT2D eigenvalue weighted by atomic mass is 9.98. The minimum atomic E-state index is -0.709. The van der Waals surface area contributed by atoms with Gasteiger partial charge in [0.25, 0.3) is 0 Å². The average molecular weight is 391 g/mol. The number of nitrogens with two attached hydrogens (primary N) is 1. The van der Waals surface area contributed by atoms with Crippen molar-refractivity contribution < 1.29 is 8.78 Å². The van der Waals surface area contributed by atoms with Crippen LogP contribution in [0.25, 0.3) is 0 Å². The highest BCUT2D eigenvalue weighted by Crippen LogP contribution is 2.29. The Balaban J connectivity index is 2.46. The molecule has 0 aliphatic carbocycles. The Kier molecular flexibility index (Phi) is 4.38. The van der Waals surface area contributed by atoms with E-state index in [1.807, 2.05) is 25.1 Å². The van der Waals surface area contributed by atoms with Crippen LogP contribution in [0.1, 0.15) is 22.7 Å². The van der Waals surface area contributed by atoms with Crippen LogP contribution in [0.4, 0.5) is 8.78 Å². The molecule has 0 bridgehead atoms. The molecule has 5 heteroatoms. The Morgan fingerprint density at radius 1 is 1.00 bits per heavy atom. The molecule has 100 valence electrons. The molecule has 1 atom stereocenters. The van der Waals surface area contributed by atoms with E-state index < -0.39 is 17.7 Å². The number of halogens is 4. The van der Waals surface area contributed by atoms with E-state index in [4.69, 9.17) is 5.73 Å². The second-order valence-corrected chi connectivity index (χ2v) is 5.98. The third kappa shape index (κ3) is 3.04. The zero-order chi connectivity index (χ0) is 14.2. The summed E-state index contributed by atoms with van der Waals surface area (Å²) in [5.74, 6) is -1.06. The van der Waals surface area contributed by atoms with Crippen LogP contribution in [-0.2, 0) is 0 Å². The number of hydrogen-bond acceptors (Lipinski definition) is 1. The van der Waals surface area contributed by atoms with Crippen LogP contribution in [0.3, 0.4) is 0 Å². The summed E-state index contributed by atoms with van der Waals surface area (Å²) in [6, 6.07) is 7.01. The summed E-state index contributed by atoms with van der Waals surface area (Å²) in [6.07, 6.45) is 0. The van der Waals surface area contributed by atoms with Crippen LogP contribution < -0.4 is 5.73 Å². The molecule has 0 aliphatic heterocycles. The molecule has 0 amide bonds. The predicted octanol–water partition coefficient (Wildman–Crippen LogP) is 4.85. The maximum absolute atomic E-state index is 13.9. The third-order valence-electron chi connectivity index (χ3n) is 2.93. The summed E-state index contributed by atoms with van der Waals surface area (Å²) in [5.41, 5.74) is 7.92. The van der Waals surface area contributed by atoms with E-state index in [1.54, 1.807) is 0 Å². The third-order valence-corrected chi connectivity index (χ3v) is 4.39. The van der Waals surface area contributed by atoms with Gasteiger partial charge in [0.05, 0.1) is 10.5 Å². The van der Waals surface area contributed by atoms with E-state index in [9.17, 15) is 8.78 Å². The molecule has 2 N–H and O–H groups in total. The van der Waals surface area contributed by atoms with Crippen molar-refractivity contribution in [3.05, 3.63) is 67.6 Å². The first-order valence-corrected chi connectivity index (χ1v) is 7.15. The molecular formula is C14H11Br2F2N. The van der Waals surface area contributed by atoms with Gasteiger partial charge in [-0.3, -0.25) is 0 Å². The van der Waals surface area contributed by atoms with E-state index in [-0.39, 0.29) is 10.0 Å². The number of benzene rings is 2. The van der Waals surface area contributed by atoms with Crippen molar-refractivity contribution >= 4 is 31.9 Å². The SMILES string of the molecule is Cc1ccc(C(N)c2cc(F)c(Br)cc2F)cc1Br. The van der Waals surface area contributed by atoms with Crippen molar-refractivity contribution in [1.29, 1.82) is 0 Å². The largest absolute Gasteiger partial charge is 0.320 e. The first-order valence-electron chi connectivity index (χ1n) is 5.56. The fourth-order valence-corrected chi connectivity index (χ4v) is 2.47. The zero-order valence-corrected chi connectivity index (χ0v) is 13.2. The van der Waals surface area contributed by atoms with Crippen molar-refractivity contribution in [2.75, 3.05) is 0 Å². The quantitative estimate of drug-likeness (QED) is 0.729. The Bertz CT molecular complexity index is 629. The van der Waals surface area contributed by atoms with Gasteiger partial charge in [0.1, 0.15) is 11.6 Å². The highest BCUT2D eigenvalue weighted by molar-refractivity contribution is 9.10. The topological polar surface area (TPSA) is 26.0 Å². The van der Waals surface area contributed by atoms with E-state index in [1.165, 1.54) is 0 Å². The lowest BCUT2D eigenvalue weighted by Gasteiger charge is -2.15. The van der Waals surface area contributed by atoms with E-state index >= 15 is 0 Å². The normalized spacial score (nSPS) is 12.5. The fourth-order valence-electron chi connectivity index (χ4n) is 1.76. The summed E-state index contributed by atoms with van der Waals surface area (Å²) in [4.78, 5) is 0. The number of rotatable bonds is 2. The van der Waals surface area contributed by atoms with Gasteiger partial charge in [0.15, 0.2) is 0 Å². The van der Waals surface area contributed by atoms with Crippen LogP contribution in [0.5, 0.6) is 0 Å². The molecule has 0 saturated carbocycles. The molecule has 0 saturated heterocycles. The summed E-state index contributed by atoms with van der Waals surface area (Å²) in [7, 11) is 0. The molecule has 2 aromatic carbocycles. The van der Waals surface area contributed by atoms with E-state index in [0.29, 0.717) is 0 Å². The Morgan fingerprint density at radius 3 is 2.32 bits per heavy atom. The lowest BCUT2D eigenvalue weighted by Crippen LogP contribution is -2.14. The standard InChI is InChI=1S/C14H11Br2F2N/c1-7-2-3-8(4-10(7)15)14(19)9-5-13(18)11(16)6-12(9)17/h2-6,14H,19H2,1H3.